The second-order valence-corrected chi connectivity index (χ2v) is 5.20. The van der Waals surface area contributed by atoms with Crippen molar-refractivity contribution in [3.8, 4) is 5.75 Å². The molecule has 2 rings (SSSR count). The third-order valence-electron chi connectivity index (χ3n) is 3.29. The zero-order valence-electron chi connectivity index (χ0n) is 12.1. The highest BCUT2D eigenvalue weighted by molar-refractivity contribution is 5.98. The second-order valence-electron chi connectivity index (χ2n) is 5.20. The minimum absolute atomic E-state index is 0.0458. The van der Waals surface area contributed by atoms with Gasteiger partial charge in [0.15, 0.2) is 0 Å². The Morgan fingerprint density at radius 1 is 1.47 bits per heavy atom. The Kier molecular flexibility index (Phi) is 3.98. The van der Waals surface area contributed by atoms with E-state index in [0.717, 1.165) is 23.7 Å². The molecule has 1 aliphatic heterocycles. The summed E-state index contributed by atoms with van der Waals surface area (Å²) in [6.07, 6.45) is 0.586. The van der Waals surface area contributed by atoms with Gasteiger partial charge in [-0.05, 0) is 39.8 Å². The largest absolute Gasteiger partial charge is 0.489 e. The molecule has 1 atom stereocenters. The normalized spacial score (nSPS) is 18.9. The molecule has 0 fully saturated rings. The molecule has 104 valence electrons. The number of anilines is 2. The van der Waals surface area contributed by atoms with Crippen LogP contribution in [-0.2, 0) is 4.79 Å². The number of carbonyl (C=O) groups excluding carboxylic acids is 1. The molecule has 1 unspecified atom stereocenters. The molecular weight excluding hydrogens is 240 g/mol. The molecule has 0 saturated heterocycles. The maximum atomic E-state index is 12.0. The fourth-order valence-corrected chi connectivity index (χ4v) is 2.53. The van der Waals surface area contributed by atoms with Crippen LogP contribution in [0.1, 0.15) is 34.1 Å². The van der Waals surface area contributed by atoms with Crippen LogP contribution >= 0.6 is 0 Å². The molecule has 1 aromatic carbocycles. The predicted molar refractivity (Wildman–Crippen MR) is 77.9 cm³/mol. The molecule has 0 radical (unpaired) electrons. The van der Waals surface area contributed by atoms with Gasteiger partial charge in [0.1, 0.15) is 11.4 Å². The Morgan fingerprint density at radius 3 is 2.84 bits per heavy atom. The number of benzene rings is 1. The fourth-order valence-electron chi connectivity index (χ4n) is 2.53. The Morgan fingerprint density at radius 2 is 2.21 bits per heavy atom. The lowest BCUT2D eigenvalue weighted by Gasteiger charge is -2.29. The van der Waals surface area contributed by atoms with Gasteiger partial charge in [-0.3, -0.25) is 4.79 Å². The fraction of sp³-hybridized carbons (Fsp3) is 0.533. The molecule has 1 aromatic rings. The third-order valence-corrected chi connectivity index (χ3v) is 3.29. The molecule has 19 heavy (non-hydrogen) atoms. The van der Waals surface area contributed by atoms with Crippen molar-refractivity contribution in [2.45, 2.75) is 46.3 Å². The van der Waals surface area contributed by atoms with Crippen LogP contribution in [0.3, 0.4) is 0 Å². The topological polar surface area (TPSA) is 41.6 Å². The zero-order chi connectivity index (χ0) is 14.0. The van der Waals surface area contributed by atoms with Gasteiger partial charge in [-0.25, -0.2) is 0 Å². The van der Waals surface area contributed by atoms with Crippen molar-refractivity contribution in [2.75, 3.05) is 16.8 Å². The number of amides is 1. The van der Waals surface area contributed by atoms with Crippen LogP contribution in [0.5, 0.6) is 5.75 Å². The molecule has 1 heterocycles. The van der Waals surface area contributed by atoms with E-state index in [-0.39, 0.29) is 18.1 Å². The summed E-state index contributed by atoms with van der Waals surface area (Å²) in [6, 6.07) is 6.11. The number of fused-ring (bicyclic) bond motifs is 1. The molecule has 0 saturated carbocycles. The number of para-hydroxylation sites is 1. The summed E-state index contributed by atoms with van der Waals surface area (Å²) >= 11 is 0. The van der Waals surface area contributed by atoms with Crippen molar-refractivity contribution in [2.24, 2.45) is 0 Å². The van der Waals surface area contributed by atoms with Gasteiger partial charge in [0.05, 0.1) is 11.8 Å². The first-order valence-electron chi connectivity index (χ1n) is 6.89. The first-order valence-corrected chi connectivity index (χ1v) is 6.89. The van der Waals surface area contributed by atoms with E-state index in [1.165, 1.54) is 0 Å². The van der Waals surface area contributed by atoms with Gasteiger partial charge in [0, 0.05) is 19.0 Å². The Bertz CT molecular complexity index is 471. The number of carbonyl (C=O) groups is 1. The van der Waals surface area contributed by atoms with E-state index in [9.17, 15) is 4.79 Å². The summed E-state index contributed by atoms with van der Waals surface area (Å²) in [5.41, 5.74) is 1.84. The van der Waals surface area contributed by atoms with Crippen LogP contribution in [0.15, 0.2) is 18.2 Å². The number of hydrogen-bond donors (Lipinski definition) is 1. The number of ether oxygens (including phenoxy) is 1. The molecular formula is C15H22N2O2. The molecule has 1 amide bonds. The quantitative estimate of drug-likeness (QED) is 0.910. The van der Waals surface area contributed by atoms with E-state index in [4.69, 9.17) is 4.74 Å². The van der Waals surface area contributed by atoms with Crippen LogP contribution in [0.25, 0.3) is 0 Å². The van der Waals surface area contributed by atoms with Crippen molar-refractivity contribution in [3.63, 3.8) is 0 Å². The highest BCUT2D eigenvalue weighted by Crippen LogP contribution is 2.38. The average Bonchev–Trinajstić information content (AvgIpc) is 2.44. The smallest absolute Gasteiger partial charge is 0.226 e. The monoisotopic (exact) mass is 262 g/mol. The van der Waals surface area contributed by atoms with Crippen molar-refractivity contribution < 1.29 is 9.53 Å². The standard InChI is InChI=1S/C15H22N2O2/c1-5-17-11(4)9-14(18)16-15-12(17)7-6-8-13(15)19-10(2)3/h6-8,10-11H,5,9H2,1-4H3,(H,16,18). The van der Waals surface area contributed by atoms with E-state index >= 15 is 0 Å². The number of nitrogens with one attached hydrogen (secondary N) is 1. The molecule has 1 aliphatic rings. The first-order chi connectivity index (χ1) is 9.02. The Hall–Kier alpha value is -1.71. The van der Waals surface area contributed by atoms with Crippen LogP contribution in [0.4, 0.5) is 11.4 Å². The number of nitrogens with zero attached hydrogens (tertiary/aromatic N) is 1. The van der Waals surface area contributed by atoms with E-state index < -0.39 is 0 Å². The SMILES string of the molecule is CCN1c2cccc(OC(C)C)c2NC(=O)CC1C. The van der Waals surface area contributed by atoms with Crippen LogP contribution < -0.4 is 15.0 Å². The molecule has 4 heteroatoms. The lowest BCUT2D eigenvalue weighted by atomic mass is 10.1. The van der Waals surface area contributed by atoms with Gasteiger partial charge in [0.2, 0.25) is 5.91 Å². The van der Waals surface area contributed by atoms with Gasteiger partial charge in [-0.2, -0.15) is 0 Å². The molecule has 0 aromatic heterocycles. The summed E-state index contributed by atoms with van der Waals surface area (Å²) < 4.78 is 5.80. The van der Waals surface area contributed by atoms with Gasteiger partial charge >= 0.3 is 0 Å². The van der Waals surface area contributed by atoms with Crippen molar-refractivity contribution in [1.29, 1.82) is 0 Å². The summed E-state index contributed by atoms with van der Waals surface area (Å²) in [6.45, 7) is 9.02. The maximum absolute atomic E-state index is 12.0. The Labute approximate surface area is 114 Å². The summed E-state index contributed by atoms with van der Waals surface area (Å²) in [4.78, 5) is 14.2. The molecule has 4 nitrogen and oxygen atoms in total. The minimum atomic E-state index is 0.0458. The first kappa shape index (κ1) is 13.7. The van der Waals surface area contributed by atoms with Crippen molar-refractivity contribution in [3.05, 3.63) is 18.2 Å². The third kappa shape index (κ3) is 2.83. The molecule has 1 N–H and O–H groups in total. The van der Waals surface area contributed by atoms with E-state index in [0.29, 0.717) is 6.42 Å². The van der Waals surface area contributed by atoms with E-state index in [1.807, 2.05) is 32.0 Å². The second kappa shape index (κ2) is 5.51. The van der Waals surface area contributed by atoms with Crippen LogP contribution in [0.2, 0.25) is 0 Å². The minimum Gasteiger partial charge on any atom is -0.489 e. The molecule has 0 aliphatic carbocycles. The summed E-state index contributed by atoms with van der Waals surface area (Å²) in [5.74, 6) is 0.790. The van der Waals surface area contributed by atoms with Crippen molar-refractivity contribution in [1.82, 2.24) is 0 Å². The van der Waals surface area contributed by atoms with Gasteiger partial charge in [-0.15, -0.1) is 0 Å². The maximum Gasteiger partial charge on any atom is 0.226 e. The summed E-state index contributed by atoms with van der Waals surface area (Å²) in [5, 5.41) is 2.99. The predicted octanol–water partition coefficient (Wildman–Crippen LogP) is 3.03. The number of hydrogen-bond acceptors (Lipinski definition) is 3. The Balaban J connectivity index is 2.49. The lowest BCUT2D eigenvalue weighted by molar-refractivity contribution is -0.116. The average molecular weight is 262 g/mol. The van der Waals surface area contributed by atoms with Gasteiger partial charge in [-0.1, -0.05) is 6.07 Å². The van der Waals surface area contributed by atoms with E-state index in [2.05, 4.69) is 24.1 Å². The van der Waals surface area contributed by atoms with Crippen LogP contribution in [0, 0.1) is 0 Å². The number of rotatable bonds is 3. The van der Waals surface area contributed by atoms with Crippen LogP contribution in [-0.4, -0.2) is 24.6 Å². The highest BCUT2D eigenvalue weighted by atomic mass is 16.5. The zero-order valence-corrected chi connectivity index (χ0v) is 12.1. The highest BCUT2D eigenvalue weighted by Gasteiger charge is 2.26. The van der Waals surface area contributed by atoms with Gasteiger partial charge in [0.25, 0.3) is 0 Å². The van der Waals surface area contributed by atoms with Crippen molar-refractivity contribution >= 4 is 17.3 Å². The van der Waals surface area contributed by atoms with Gasteiger partial charge < -0.3 is 15.0 Å². The van der Waals surface area contributed by atoms with E-state index in [1.54, 1.807) is 0 Å². The molecule has 0 spiro atoms. The molecule has 0 bridgehead atoms. The summed E-state index contributed by atoms with van der Waals surface area (Å²) in [7, 11) is 0. The lowest BCUT2D eigenvalue weighted by Crippen LogP contribution is -2.33.